The Morgan fingerprint density at radius 3 is 2.18 bits per heavy atom. The van der Waals surface area contributed by atoms with Crippen LogP contribution in [0.1, 0.15) is 75.1 Å². The number of piperazine rings is 1. The van der Waals surface area contributed by atoms with Crippen molar-refractivity contribution in [3.05, 3.63) is 76.0 Å². The molecular formula is C34H42F2N6O3. The van der Waals surface area contributed by atoms with Crippen LogP contribution in [0.3, 0.4) is 0 Å². The number of amides is 1. The van der Waals surface area contributed by atoms with Crippen LogP contribution in [-0.4, -0.2) is 65.5 Å². The van der Waals surface area contributed by atoms with E-state index in [2.05, 4.69) is 27.3 Å². The van der Waals surface area contributed by atoms with Crippen molar-refractivity contribution in [3.63, 3.8) is 0 Å². The van der Waals surface area contributed by atoms with E-state index in [1.54, 1.807) is 39.0 Å². The molecule has 0 atom stereocenters. The molecule has 1 fully saturated rings. The minimum Gasteiger partial charge on any atom is -0.442 e. The van der Waals surface area contributed by atoms with Gasteiger partial charge in [-0.2, -0.15) is 4.68 Å². The zero-order valence-electron chi connectivity index (χ0n) is 27.0. The molecule has 0 spiro atoms. The third-order valence-corrected chi connectivity index (χ3v) is 7.52. The van der Waals surface area contributed by atoms with Crippen molar-refractivity contribution in [3.8, 4) is 0 Å². The van der Waals surface area contributed by atoms with Gasteiger partial charge < -0.3 is 25.6 Å². The number of carbonyl (C=O) groups excluding carboxylic acids is 2. The summed E-state index contributed by atoms with van der Waals surface area (Å²) < 4.78 is 36.5. The molecule has 240 valence electrons. The molecule has 0 saturated carbocycles. The first-order valence-electron chi connectivity index (χ1n) is 15.0. The molecule has 9 nitrogen and oxygen atoms in total. The molecule has 2 aromatic carbocycles. The molecule has 1 amide bonds. The molecule has 1 aliphatic rings. The summed E-state index contributed by atoms with van der Waals surface area (Å²) in [5.74, 6) is -2.12. The number of benzene rings is 2. The molecule has 0 bridgehead atoms. The lowest BCUT2D eigenvalue weighted by Gasteiger charge is -2.34. The van der Waals surface area contributed by atoms with Crippen LogP contribution < -0.4 is 16.0 Å². The van der Waals surface area contributed by atoms with Crippen LogP contribution >= 0.6 is 0 Å². The van der Waals surface area contributed by atoms with E-state index in [1.165, 1.54) is 13.0 Å². The number of ether oxygens (including phenoxy) is 1. The number of nitrogens with one attached hydrogen (secondary N) is 1. The third kappa shape index (κ3) is 8.16. The van der Waals surface area contributed by atoms with Gasteiger partial charge in [0.05, 0.1) is 5.69 Å². The van der Waals surface area contributed by atoms with Crippen molar-refractivity contribution in [1.82, 2.24) is 14.7 Å². The van der Waals surface area contributed by atoms with Crippen LogP contribution in [0.2, 0.25) is 0 Å². The Bertz CT molecular complexity index is 1610. The molecule has 11 heteroatoms. The fourth-order valence-electron chi connectivity index (χ4n) is 4.92. The van der Waals surface area contributed by atoms with Crippen LogP contribution in [0.5, 0.6) is 0 Å². The van der Waals surface area contributed by atoms with Crippen molar-refractivity contribution in [2.75, 3.05) is 49.2 Å². The summed E-state index contributed by atoms with van der Waals surface area (Å²) in [7, 11) is 2.09. The second-order valence-electron chi connectivity index (χ2n) is 12.4. The van der Waals surface area contributed by atoms with Gasteiger partial charge in [0, 0.05) is 54.2 Å². The Kier molecular flexibility index (Phi) is 10.1. The number of aromatic nitrogens is 2. The largest absolute Gasteiger partial charge is 0.442 e. The van der Waals surface area contributed by atoms with Crippen molar-refractivity contribution >= 4 is 46.9 Å². The number of nitrogens with two attached hydrogens (primary N) is 1. The van der Waals surface area contributed by atoms with E-state index >= 15 is 0 Å². The highest BCUT2D eigenvalue weighted by Crippen LogP contribution is 2.32. The first kappa shape index (κ1) is 33.4. The quantitative estimate of drug-likeness (QED) is 0.277. The molecule has 1 saturated heterocycles. The van der Waals surface area contributed by atoms with Crippen molar-refractivity contribution < 1.29 is 23.1 Å². The maximum absolute atomic E-state index is 14.9. The Morgan fingerprint density at radius 1 is 1.02 bits per heavy atom. The minimum absolute atomic E-state index is 0.0276. The average Bonchev–Trinajstić information content (AvgIpc) is 3.28. The standard InChI is InChI=1S/C34H42F2N6O3/c1-8-21(2)17-29-26(18-22(3)30-27(35)19-24(37)20-28(30)36)31(39-42(29)33(44)45-34(4,5)6)38-32(43)23-9-11-25(12-10-23)41-15-13-40(7)14-16-41/h9-12,17-20H,8,13-16,37H2,1-7H3,(H,38,39,43)/b21-17+,22-18+. The topological polar surface area (TPSA) is 106 Å². The number of carbonyl (C=O) groups is 2. The maximum Gasteiger partial charge on any atom is 0.435 e. The number of likely N-dealkylation sites (N-methyl/N-ethyl adjacent to an activating group) is 1. The summed E-state index contributed by atoms with van der Waals surface area (Å²) in [6.07, 6.45) is 3.12. The molecule has 2 heterocycles. The van der Waals surface area contributed by atoms with Gasteiger partial charge in [-0.1, -0.05) is 12.5 Å². The van der Waals surface area contributed by atoms with Gasteiger partial charge >= 0.3 is 6.09 Å². The average molecular weight is 621 g/mol. The zero-order chi connectivity index (χ0) is 33.1. The lowest BCUT2D eigenvalue weighted by molar-refractivity contribution is 0.0513. The van der Waals surface area contributed by atoms with E-state index in [9.17, 15) is 18.4 Å². The SMILES string of the molecule is CC/C(C)=C/c1c(/C=C(\C)c2c(F)cc(N)cc2F)c(NC(=O)c2ccc(N3CCN(C)CC3)cc2)nn1C(=O)OC(C)(C)C. The first-order valence-corrected chi connectivity index (χ1v) is 15.0. The number of allylic oxidation sites excluding steroid dienone is 2. The molecule has 3 N–H and O–H groups in total. The summed E-state index contributed by atoms with van der Waals surface area (Å²) >= 11 is 0. The lowest BCUT2D eigenvalue weighted by atomic mass is 10.0. The van der Waals surface area contributed by atoms with Crippen molar-refractivity contribution in [2.24, 2.45) is 0 Å². The van der Waals surface area contributed by atoms with Gasteiger partial charge in [0.25, 0.3) is 5.91 Å². The number of nitrogen functional groups attached to an aromatic ring is 1. The predicted octanol–water partition coefficient (Wildman–Crippen LogP) is 6.90. The van der Waals surface area contributed by atoms with E-state index in [-0.39, 0.29) is 28.2 Å². The molecule has 0 unspecified atom stereocenters. The fraction of sp³-hybridized carbons (Fsp3) is 0.382. The fourth-order valence-corrected chi connectivity index (χ4v) is 4.92. The lowest BCUT2D eigenvalue weighted by Crippen LogP contribution is -2.44. The van der Waals surface area contributed by atoms with Crippen LogP contribution in [0.4, 0.5) is 30.8 Å². The molecule has 4 rings (SSSR count). The van der Waals surface area contributed by atoms with Crippen LogP contribution in [0.15, 0.2) is 42.0 Å². The number of nitrogens with zero attached hydrogens (tertiary/aromatic N) is 4. The van der Waals surface area contributed by atoms with Gasteiger partial charge in [-0.05, 0) is 102 Å². The van der Waals surface area contributed by atoms with Crippen LogP contribution in [0.25, 0.3) is 17.7 Å². The van der Waals surface area contributed by atoms with Crippen molar-refractivity contribution in [1.29, 1.82) is 0 Å². The predicted molar refractivity (Wildman–Crippen MR) is 176 cm³/mol. The highest BCUT2D eigenvalue weighted by molar-refractivity contribution is 6.06. The molecule has 0 radical (unpaired) electrons. The smallest absolute Gasteiger partial charge is 0.435 e. The number of anilines is 3. The highest BCUT2D eigenvalue weighted by atomic mass is 19.1. The number of halogens is 2. The van der Waals surface area contributed by atoms with Gasteiger partial charge in [-0.25, -0.2) is 13.6 Å². The van der Waals surface area contributed by atoms with Crippen LogP contribution in [-0.2, 0) is 4.74 Å². The van der Waals surface area contributed by atoms with Crippen molar-refractivity contribution in [2.45, 2.75) is 53.6 Å². The van der Waals surface area contributed by atoms with E-state index in [0.29, 0.717) is 17.7 Å². The molecule has 0 aliphatic carbocycles. The molecule has 3 aromatic rings. The monoisotopic (exact) mass is 620 g/mol. The Labute approximate surface area is 263 Å². The minimum atomic E-state index is -0.839. The molecule has 45 heavy (non-hydrogen) atoms. The van der Waals surface area contributed by atoms with Gasteiger partial charge in [0.1, 0.15) is 17.2 Å². The summed E-state index contributed by atoms with van der Waals surface area (Å²) in [4.78, 5) is 31.4. The van der Waals surface area contributed by atoms with Gasteiger partial charge in [-0.15, -0.1) is 5.10 Å². The van der Waals surface area contributed by atoms with Crippen LogP contribution in [0, 0.1) is 11.6 Å². The van der Waals surface area contributed by atoms with Gasteiger partial charge in [0.2, 0.25) is 0 Å². The number of hydrogen-bond donors (Lipinski definition) is 2. The normalized spacial score (nSPS) is 14.9. The summed E-state index contributed by atoms with van der Waals surface area (Å²) in [5, 5.41) is 7.27. The molecule has 1 aliphatic heterocycles. The summed E-state index contributed by atoms with van der Waals surface area (Å²) in [6.45, 7) is 14.2. The number of rotatable bonds is 7. The summed E-state index contributed by atoms with van der Waals surface area (Å²) in [6, 6.07) is 9.34. The van der Waals surface area contributed by atoms with E-state index in [0.717, 1.165) is 54.3 Å². The van der Waals surface area contributed by atoms with Gasteiger partial charge in [0.15, 0.2) is 5.82 Å². The second kappa shape index (κ2) is 13.6. The highest BCUT2D eigenvalue weighted by Gasteiger charge is 2.26. The Balaban J connectivity index is 1.80. The second-order valence-corrected chi connectivity index (χ2v) is 12.4. The Hall–Kier alpha value is -4.51. The van der Waals surface area contributed by atoms with E-state index < -0.39 is 29.2 Å². The third-order valence-electron chi connectivity index (χ3n) is 7.52. The Morgan fingerprint density at radius 2 is 1.62 bits per heavy atom. The van der Waals surface area contributed by atoms with E-state index in [1.807, 2.05) is 26.0 Å². The van der Waals surface area contributed by atoms with E-state index in [4.69, 9.17) is 10.5 Å². The first-order chi connectivity index (χ1) is 21.2. The molecular weight excluding hydrogens is 578 g/mol. The molecule has 1 aromatic heterocycles. The van der Waals surface area contributed by atoms with Gasteiger partial charge in [-0.3, -0.25) is 4.79 Å². The number of hydrogen-bond acceptors (Lipinski definition) is 7. The summed E-state index contributed by atoms with van der Waals surface area (Å²) in [5.41, 5.74) is 7.53. The zero-order valence-corrected chi connectivity index (χ0v) is 27.0. The maximum atomic E-state index is 14.9.